The first-order valence-corrected chi connectivity index (χ1v) is 23.1. The predicted molar refractivity (Wildman–Crippen MR) is 263 cm³/mol. The van der Waals surface area contributed by atoms with Gasteiger partial charge in [0.1, 0.15) is 0 Å². The van der Waals surface area contributed by atoms with Gasteiger partial charge < -0.3 is 0 Å². The van der Waals surface area contributed by atoms with Crippen LogP contribution in [0.3, 0.4) is 0 Å². The average molecular weight is 842 g/mol. The minimum atomic E-state index is 0.196. The maximum atomic E-state index is 2.51. The Labute approximate surface area is 357 Å². The Morgan fingerprint density at radius 1 is 0.267 bits per heavy atom. The number of benzene rings is 11. The summed E-state index contributed by atoms with van der Waals surface area (Å²) < 4.78 is 5.57. The van der Waals surface area contributed by atoms with Gasteiger partial charge in [-0.15, -0.1) is 0 Å². The van der Waals surface area contributed by atoms with E-state index >= 15 is 0 Å². The van der Waals surface area contributed by atoms with Gasteiger partial charge in [0.15, 0.2) is 0 Å². The van der Waals surface area contributed by atoms with Crippen LogP contribution < -0.4 is 0 Å². The molecule has 0 radical (unpaired) electrons. The second kappa shape index (κ2) is 13.4. The molecule has 0 aliphatic carbocycles. The van der Waals surface area contributed by atoms with Gasteiger partial charge in [0, 0.05) is 0 Å². The molecule has 60 heavy (non-hydrogen) atoms. The van der Waals surface area contributed by atoms with Gasteiger partial charge in [0.05, 0.1) is 0 Å². The van der Waals surface area contributed by atoms with Crippen molar-refractivity contribution in [2.45, 2.75) is 0 Å². The molecular formula is C58H34SSe. The molecule has 0 atom stereocenters. The molecule has 0 fully saturated rings. The summed E-state index contributed by atoms with van der Waals surface area (Å²) in [5.74, 6) is 0. The van der Waals surface area contributed by atoms with Crippen LogP contribution in [0.1, 0.15) is 0 Å². The molecule has 0 unspecified atom stereocenters. The molecule has 0 bridgehead atoms. The summed E-state index contributed by atoms with van der Waals surface area (Å²) in [4.78, 5) is 0. The zero-order valence-corrected chi connectivity index (χ0v) is 35.0. The molecule has 2 aromatic heterocycles. The van der Waals surface area contributed by atoms with Gasteiger partial charge >= 0.3 is 353 Å². The van der Waals surface area contributed by atoms with Crippen molar-refractivity contribution in [3.8, 4) is 44.5 Å². The van der Waals surface area contributed by atoms with Crippen molar-refractivity contribution >= 4 is 108 Å². The summed E-state index contributed by atoms with van der Waals surface area (Å²) in [6.45, 7) is 0. The van der Waals surface area contributed by atoms with E-state index in [0.29, 0.717) is 0 Å². The van der Waals surface area contributed by atoms with Gasteiger partial charge in [0.2, 0.25) is 0 Å². The van der Waals surface area contributed by atoms with Crippen molar-refractivity contribution in [2.24, 2.45) is 0 Å². The van der Waals surface area contributed by atoms with Gasteiger partial charge in [-0.25, -0.2) is 0 Å². The van der Waals surface area contributed by atoms with E-state index in [-0.39, 0.29) is 14.5 Å². The molecule has 0 saturated heterocycles. The first-order valence-electron chi connectivity index (χ1n) is 20.6. The van der Waals surface area contributed by atoms with Gasteiger partial charge in [-0.1, -0.05) is 6.07 Å². The van der Waals surface area contributed by atoms with Crippen LogP contribution in [0.15, 0.2) is 206 Å². The Bertz CT molecular complexity index is 3770. The molecule has 2 heterocycles. The van der Waals surface area contributed by atoms with Gasteiger partial charge in [-0.2, -0.15) is 0 Å². The molecule has 11 aromatic carbocycles. The summed E-state index contributed by atoms with van der Waals surface area (Å²) >= 11 is 2.09. The number of thiophene rings is 1. The molecule has 0 nitrogen and oxygen atoms in total. The van der Waals surface area contributed by atoms with E-state index < -0.39 is 0 Å². The first kappa shape index (κ1) is 34.1. The van der Waals surface area contributed by atoms with Crippen LogP contribution in [0.4, 0.5) is 0 Å². The predicted octanol–water partition coefficient (Wildman–Crippen LogP) is 16.7. The normalized spacial score (nSPS) is 12.0. The fraction of sp³-hybridized carbons (Fsp3) is 0. The molecule has 13 aromatic rings. The van der Waals surface area contributed by atoms with Crippen molar-refractivity contribution in [1.82, 2.24) is 0 Å². The number of fused-ring (bicyclic) bond motifs is 10. The Morgan fingerprint density at radius 2 is 0.733 bits per heavy atom. The molecule has 0 saturated carbocycles. The molecule has 278 valence electrons. The van der Waals surface area contributed by atoms with Crippen LogP contribution in [0.25, 0.3) is 127 Å². The molecule has 0 aliphatic rings. The van der Waals surface area contributed by atoms with E-state index in [2.05, 4.69) is 206 Å². The average Bonchev–Trinajstić information content (AvgIpc) is 3.88. The summed E-state index contributed by atoms with van der Waals surface area (Å²) in [5.41, 5.74) is 10.4. The van der Waals surface area contributed by atoms with E-state index in [0.717, 1.165) is 0 Å². The van der Waals surface area contributed by atoms with Crippen molar-refractivity contribution in [2.75, 3.05) is 0 Å². The molecule has 0 spiro atoms. The molecule has 0 N–H and O–H groups in total. The zero-order chi connectivity index (χ0) is 39.3. The summed E-state index contributed by atoms with van der Waals surface area (Å²) in [6.07, 6.45) is 0. The fourth-order valence-corrected chi connectivity index (χ4v) is 13.7. The number of rotatable bonds is 4. The van der Waals surface area contributed by atoms with Crippen molar-refractivity contribution < 1.29 is 0 Å². The zero-order valence-electron chi connectivity index (χ0n) is 32.4. The Balaban J connectivity index is 1.02. The summed E-state index contributed by atoms with van der Waals surface area (Å²) in [5, 5.41) is 15.8. The molecule has 13 rings (SSSR count). The first-order chi connectivity index (χ1) is 29.8. The van der Waals surface area contributed by atoms with E-state index in [9.17, 15) is 0 Å². The van der Waals surface area contributed by atoms with Crippen molar-refractivity contribution in [3.63, 3.8) is 0 Å². The molecule has 0 aliphatic heterocycles. The van der Waals surface area contributed by atoms with E-state index in [1.165, 1.54) is 127 Å². The second-order valence-electron chi connectivity index (χ2n) is 15.8. The fourth-order valence-electron chi connectivity index (χ4n) is 10.2. The molecule has 0 amide bonds. The van der Waals surface area contributed by atoms with Crippen molar-refractivity contribution in [3.05, 3.63) is 206 Å². The number of hydrogen-bond acceptors (Lipinski definition) is 1. The monoisotopic (exact) mass is 842 g/mol. The third-order valence-corrected chi connectivity index (χ3v) is 16.2. The summed E-state index contributed by atoms with van der Waals surface area (Å²) in [7, 11) is 0. The van der Waals surface area contributed by atoms with Crippen LogP contribution in [-0.4, -0.2) is 14.5 Å². The van der Waals surface area contributed by atoms with Crippen LogP contribution in [0.2, 0.25) is 0 Å². The Hall–Kier alpha value is -6.80. The minimum absolute atomic E-state index is 0.196. The topological polar surface area (TPSA) is 0 Å². The van der Waals surface area contributed by atoms with Gasteiger partial charge in [-0.05, 0) is 0 Å². The van der Waals surface area contributed by atoms with Crippen molar-refractivity contribution in [1.29, 1.82) is 0 Å². The van der Waals surface area contributed by atoms with E-state index in [4.69, 9.17) is 0 Å². The molecular weight excluding hydrogens is 808 g/mol. The van der Waals surface area contributed by atoms with Gasteiger partial charge in [0.25, 0.3) is 0 Å². The third-order valence-electron chi connectivity index (χ3n) is 12.6. The quantitative estimate of drug-likeness (QED) is 0.122. The van der Waals surface area contributed by atoms with Crippen LogP contribution in [0, 0.1) is 0 Å². The Morgan fingerprint density at radius 3 is 1.33 bits per heavy atom. The second-order valence-corrected chi connectivity index (χ2v) is 19.2. The standard InChI is InChI=1S/C58H34SSe/c1-2-15-35(16-3-1)54-39-17-4-6-19-41(39)55(42-20-7-5-18-40(42)54)36-30-32-52-49(33-36)38-31-29-37(34-53(38)60-52)56-43-21-8-10-23-45(43)57(46-24-11-9-22-44(46)56)48-26-14-28-51-58(48)47-25-12-13-27-50(47)59-51/h1-34H. The van der Waals surface area contributed by atoms with Crippen LogP contribution in [-0.2, 0) is 0 Å². The third kappa shape index (κ3) is 5.03. The summed E-state index contributed by atoms with van der Waals surface area (Å²) in [6, 6.07) is 77.3. The SMILES string of the molecule is c1ccc(-c2c3ccccc3c(-c3ccc4[se]c5cc(-c6c7ccccc7c(-c7cccc8sc9ccccc9c78)c7ccccc67)ccc5c4c3)c3ccccc23)cc1. The number of hydrogen-bond donors (Lipinski definition) is 0. The van der Waals surface area contributed by atoms with Crippen LogP contribution in [0.5, 0.6) is 0 Å². The van der Waals surface area contributed by atoms with E-state index in [1.807, 2.05) is 11.3 Å². The van der Waals surface area contributed by atoms with Crippen LogP contribution >= 0.6 is 11.3 Å². The molecule has 2 heteroatoms. The maximum absolute atomic E-state index is 2.51. The van der Waals surface area contributed by atoms with E-state index in [1.54, 1.807) is 0 Å². The van der Waals surface area contributed by atoms with Gasteiger partial charge in [-0.3, -0.25) is 0 Å². The Kier molecular flexibility index (Phi) is 7.59.